The number of nitrogens with one attached hydrogen (secondary N) is 2. The molecule has 86 valence electrons. The van der Waals surface area contributed by atoms with Crippen LogP contribution >= 0.6 is 11.6 Å². The highest BCUT2D eigenvalue weighted by Crippen LogP contribution is 1.92. The number of carbonyl (C=O) groups is 2. The minimum Gasteiger partial charge on any atom is -0.332 e. The molecule has 0 aliphatic rings. The van der Waals surface area contributed by atoms with E-state index in [4.69, 9.17) is 11.6 Å². The van der Waals surface area contributed by atoms with Gasteiger partial charge in [0, 0.05) is 6.20 Å². The number of carbonyl (C=O) groups excluding carboxylic acids is 2. The van der Waals surface area contributed by atoms with Crippen LogP contribution in [0.3, 0.4) is 0 Å². The monoisotopic (exact) mass is 242 g/mol. The van der Waals surface area contributed by atoms with Gasteiger partial charge in [-0.15, -0.1) is 11.6 Å². The van der Waals surface area contributed by atoms with Gasteiger partial charge >= 0.3 is 6.03 Å². The van der Waals surface area contributed by atoms with E-state index in [1.165, 1.54) is 13.1 Å². The number of aromatic nitrogens is 2. The maximum atomic E-state index is 11.2. The molecule has 0 aliphatic heterocycles. The van der Waals surface area contributed by atoms with Crippen molar-refractivity contribution >= 4 is 23.5 Å². The average Bonchev–Trinajstić information content (AvgIpc) is 2.27. The summed E-state index contributed by atoms with van der Waals surface area (Å²) in [4.78, 5) is 22.2. The standard InChI is InChI=1S/C9H11ClN4O2/c1-6(10)8(15)13-9(16)11-5-7-3-2-4-12-14-7/h2-4,6H,5H2,1H3,(H2,11,13,15,16). The van der Waals surface area contributed by atoms with E-state index in [1.807, 2.05) is 0 Å². The molecule has 0 fully saturated rings. The molecular weight excluding hydrogens is 232 g/mol. The molecule has 1 heterocycles. The minimum absolute atomic E-state index is 0.198. The molecule has 6 nitrogen and oxygen atoms in total. The van der Waals surface area contributed by atoms with Crippen LogP contribution in [-0.4, -0.2) is 27.5 Å². The van der Waals surface area contributed by atoms with Crippen LogP contribution in [0.4, 0.5) is 4.79 Å². The average molecular weight is 243 g/mol. The van der Waals surface area contributed by atoms with Gasteiger partial charge in [-0.1, -0.05) is 0 Å². The lowest BCUT2D eigenvalue weighted by atomic mass is 10.4. The van der Waals surface area contributed by atoms with Crippen LogP contribution in [0.2, 0.25) is 0 Å². The van der Waals surface area contributed by atoms with Gasteiger partial charge in [-0.25, -0.2) is 4.79 Å². The first-order chi connectivity index (χ1) is 7.59. The van der Waals surface area contributed by atoms with Crippen LogP contribution in [0.1, 0.15) is 12.6 Å². The third-order valence-electron chi connectivity index (χ3n) is 1.66. The molecular formula is C9H11ClN4O2. The van der Waals surface area contributed by atoms with Crippen molar-refractivity contribution in [3.63, 3.8) is 0 Å². The van der Waals surface area contributed by atoms with Gasteiger partial charge in [-0.05, 0) is 19.1 Å². The fourth-order valence-corrected chi connectivity index (χ4v) is 0.909. The number of hydrogen-bond donors (Lipinski definition) is 2. The molecule has 0 radical (unpaired) electrons. The highest BCUT2D eigenvalue weighted by atomic mass is 35.5. The first-order valence-corrected chi connectivity index (χ1v) is 5.02. The lowest BCUT2D eigenvalue weighted by Gasteiger charge is -2.06. The molecule has 1 unspecified atom stereocenters. The van der Waals surface area contributed by atoms with E-state index in [0.717, 1.165) is 0 Å². The van der Waals surface area contributed by atoms with Gasteiger partial charge in [-0.2, -0.15) is 10.2 Å². The topological polar surface area (TPSA) is 84.0 Å². The second-order valence-electron chi connectivity index (χ2n) is 3.00. The van der Waals surface area contributed by atoms with E-state index in [0.29, 0.717) is 5.69 Å². The highest BCUT2D eigenvalue weighted by Gasteiger charge is 2.12. The molecule has 2 N–H and O–H groups in total. The van der Waals surface area contributed by atoms with Gasteiger partial charge < -0.3 is 5.32 Å². The molecule has 7 heteroatoms. The van der Waals surface area contributed by atoms with Crippen molar-refractivity contribution in [2.24, 2.45) is 0 Å². The molecule has 0 aliphatic carbocycles. The van der Waals surface area contributed by atoms with Gasteiger partial charge in [-0.3, -0.25) is 10.1 Å². The Morgan fingerprint density at radius 3 is 2.88 bits per heavy atom. The predicted octanol–water partition coefficient (Wildman–Crippen LogP) is 0.430. The summed E-state index contributed by atoms with van der Waals surface area (Å²) < 4.78 is 0. The van der Waals surface area contributed by atoms with E-state index in [1.54, 1.807) is 12.1 Å². The summed E-state index contributed by atoms with van der Waals surface area (Å²) in [5.41, 5.74) is 0.601. The summed E-state index contributed by atoms with van der Waals surface area (Å²) in [6, 6.07) is 2.80. The van der Waals surface area contributed by atoms with Crippen molar-refractivity contribution in [2.75, 3.05) is 0 Å². The zero-order chi connectivity index (χ0) is 12.0. The fourth-order valence-electron chi connectivity index (χ4n) is 0.854. The van der Waals surface area contributed by atoms with Gasteiger partial charge in [0.25, 0.3) is 0 Å². The summed E-state index contributed by atoms with van der Waals surface area (Å²) in [6.07, 6.45) is 1.53. The lowest BCUT2D eigenvalue weighted by Crippen LogP contribution is -2.42. The molecule has 0 saturated carbocycles. The molecule has 1 atom stereocenters. The summed E-state index contributed by atoms with van der Waals surface area (Å²) in [5.74, 6) is -0.543. The number of alkyl halides is 1. The van der Waals surface area contributed by atoms with Crippen molar-refractivity contribution in [1.29, 1.82) is 0 Å². The molecule has 0 spiro atoms. The maximum Gasteiger partial charge on any atom is 0.321 e. The Hall–Kier alpha value is -1.69. The van der Waals surface area contributed by atoms with Crippen molar-refractivity contribution in [3.05, 3.63) is 24.0 Å². The predicted molar refractivity (Wildman–Crippen MR) is 57.7 cm³/mol. The van der Waals surface area contributed by atoms with E-state index in [2.05, 4.69) is 20.8 Å². The second kappa shape index (κ2) is 6.02. The summed E-state index contributed by atoms with van der Waals surface area (Å²) in [6.45, 7) is 1.68. The molecule has 0 saturated heterocycles. The summed E-state index contributed by atoms with van der Waals surface area (Å²) in [5, 5.41) is 11.2. The van der Waals surface area contributed by atoms with E-state index in [9.17, 15) is 9.59 Å². The molecule has 1 aromatic rings. The molecule has 1 rings (SSSR count). The Kier molecular flexibility index (Phi) is 4.65. The molecule has 16 heavy (non-hydrogen) atoms. The van der Waals surface area contributed by atoms with Gasteiger partial charge in [0.05, 0.1) is 12.2 Å². The molecule has 0 aromatic carbocycles. The summed E-state index contributed by atoms with van der Waals surface area (Å²) in [7, 11) is 0. The normalized spacial score (nSPS) is 11.6. The highest BCUT2D eigenvalue weighted by molar-refractivity contribution is 6.31. The fraction of sp³-hybridized carbons (Fsp3) is 0.333. The first-order valence-electron chi connectivity index (χ1n) is 4.59. The van der Waals surface area contributed by atoms with Gasteiger partial charge in [0.15, 0.2) is 0 Å². The quantitative estimate of drug-likeness (QED) is 0.753. The van der Waals surface area contributed by atoms with E-state index >= 15 is 0 Å². The zero-order valence-electron chi connectivity index (χ0n) is 8.61. The van der Waals surface area contributed by atoms with Gasteiger partial charge in [0.1, 0.15) is 5.38 Å². The van der Waals surface area contributed by atoms with Crippen molar-refractivity contribution in [3.8, 4) is 0 Å². The Morgan fingerprint density at radius 1 is 1.56 bits per heavy atom. The molecule has 0 bridgehead atoms. The number of amides is 3. The van der Waals surface area contributed by atoms with E-state index in [-0.39, 0.29) is 6.54 Å². The van der Waals surface area contributed by atoms with Crippen LogP contribution in [0, 0.1) is 0 Å². The van der Waals surface area contributed by atoms with Crippen LogP contribution in [0.5, 0.6) is 0 Å². The van der Waals surface area contributed by atoms with E-state index < -0.39 is 17.3 Å². The largest absolute Gasteiger partial charge is 0.332 e. The minimum atomic E-state index is -0.748. The van der Waals surface area contributed by atoms with Crippen LogP contribution in [-0.2, 0) is 11.3 Å². The lowest BCUT2D eigenvalue weighted by molar-refractivity contribution is -0.119. The Labute approximate surface area is 97.4 Å². The Morgan fingerprint density at radius 2 is 2.31 bits per heavy atom. The van der Waals surface area contributed by atoms with Crippen molar-refractivity contribution in [1.82, 2.24) is 20.8 Å². The maximum absolute atomic E-state index is 11.2. The SMILES string of the molecule is CC(Cl)C(=O)NC(=O)NCc1cccnn1. The number of urea groups is 1. The smallest absolute Gasteiger partial charge is 0.321 e. The summed E-state index contributed by atoms with van der Waals surface area (Å²) >= 11 is 5.48. The zero-order valence-corrected chi connectivity index (χ0v) is 9.36. The number of halogens is 1. The Bertz CT molecular complexity index is 369. The number of nitrogens with zero attached hydrogens (tertiary/aromatic N) is 2. The molecule has 1 aromatic heterocycles. The van der Waals surface area contributed by atoms with Crippen molar-refractivity contribution in [2.45, 2.75) is 18.8 Å². The van der Waals surface area contributed by atoms with Crippen LogP contribution < -0.4 is 10.6 Å². The number of rotatable bonds is 3. The number of hydrogen-bond acceptors (Lipinski definition) is 4. The first kappa shape index (κ1) is 12.4. The van der Waals surface area contributed by atoms with Crippen molar-refractivity contribution < 1.29 is 9.59 Å². The molecule has 3 amide bonds. The van der Waals surface area contributed by atoms with Crippen LogP contribution in [0.15, 0.2) is 18.3 Å². The Balaban J connectivity index is 2.34. The second-order valence-corrected chi connectivity index (χ2v) is 3.66. The third-order valence-corrected chi connectivity index (χ3v) is 1.85. The van der Waals surface area contributed by atoms with Crippen LogP contribution in [0.25, 0.3) is 0 Å². The third kappa shape index (κ3) is 4.22. The van der Waals surface area contributed by atoms with Gasteiger partial charge in [0.2, 0.25) is 5.91 Å². The number of imide groups is 1.